The molecule has 0 saturated heterocycles. The van der Waals surface area contributed by atoms with Crippen LogP contribution in [0, 0.1) is 17.8 Å². The van der Waals surface area contributed by atoms with E-state index < -0.39 is 11.6 Å². The Bertz CT molecular complexity index is 869. The van der Waals surface area contributed by atoms with Gasteiger partial charge in [-0.25, -0.2) is 4.79 Å². The summed E-state index contributed by atoms with van der Waals surface area (Å²) in [5, 5.41) is 0. The SMILES string of the molecule is COC(=O)C1=Cc2ccccc2C(C#Cc2ccccc2)(C(C)C)O1. The number of fused-ring (bicyclic) bond motifs is 1. The van der Waals surface area contributed by atoms with Gasteiger partial charge in [-0.15, -0.1) is 0 Å². The molecule has 0 N–H and O–H groups in total. The molecular weight excluding hydrogens is 312 g/mol. The number of carbonyl (C=O) groups excluding carboxylic acids is 1. The van der Waals surface area contributed by atoms with Crippen LogP contribution in [0.4, 0.5) is 0 Å². The van der Waals surface area contributed by atoms with Crippen molar-refractivity contribution in [1.82, 2.24) is 0 Å². The fourth-order valence-corrected chi connectivity index (χ4v) is 2.91. The van der Waals surface area contributed by atoms with Gasteiger partial charge < -0.3 is 9.47 Å². The lowest BCUT2D eigenvalue weighted by Crippen LogP contribution is -2.38. The van der Waals surface area contributed by atoms with Crippen molar-refractivity contribution in [3.05, 3.63) is 77.0 Å². The van der Waals surface area contributed by atoms with Gasteiger partial charge in [-0.1, -0.05) is 62.2 Å². The van der Waals surface area contributed by atoms with Gasteiger partial charge in [0, 0.05) is 17.0 Å². The second kappa shape index (κ2) is 6.86. The molecule has 25 heavy (non-hydrogen) atoms. The van der Waals surface area contributed by atoms with E-state index in [2.05, 4.69) is 11.8 Å². The zero-order valence-electron chi connectivity index (χ0n) is 14.6. The highest BCUT2D eigenvalue weighted by Crippen LogP contribution is 2.41. The molecule has 1 atom stereocenters. The van der Waals surface area contributed by atoms with Crippen LogP contribution in [0.15, 0.2) is 60.4 Å². The first-order valence-corrected chi connectivity index (χ1v) is 8.23. The zero-order valence-corrected chi connectivity index (χ0v) is 14.6. The molecule has 126 valence electrons. The molecule has 3 rings (SSSR count). The van der Waals surface area contributed by atoms with Crippen molar-refractivity contribution in [2.75, 3.05) is 7.11 Å². The summed E-state index contributed by atoms with van der Waals surface area (Å²) in [6, 6.07) is 17.6. The Morgan fingerprint density at radius 2 is 1.76 bits per heavy atom. The normalized spacial score (nSPS) is 18.3. The summed E-state index contributed by atoms with van der Waals surface area (Å²) >= 11 is 0. The number of hydrogen-bond acceptors (Lipinski definition) is 3. The summed E-state index contributed by atoms with van der Waals surface area (Å²) in [7, 11) is 1.35. The number of rotatable bonds is 2. The standard InChI is InChI=1S/C22H20O3/c1-16(2)22(14-13-17-9-5-4-6-10-17)19-12-8-7-11-18(19)15-20(25-22)21(23)24-3/h4-12,15-16H,1-3H3. The highest BCUT2D eigenvalue weighted by molar-refractivity contribution is 5.92. The lowest BCUT2D eigenvalue weighted by molar-refractivity contribution is -0.143. The molecule has 1 heterocycles. The molecule has 0 saturated carbocycles. The summed E-state index contributed by atoms with van der Waals surface area (Å²) in [6.45, 7) is 4.08. The molecule has 0 aromatic heterocycles. The van der Waals surface area contributed by atoms with Crippen LogP contribution in [0.5, 0.6) is 0 Å². The summed E-state index contributed by atoms with van der Waals surface area (Å²) in [6.07, 6.45) is 1.71. The van der Waals surface area contributed by atoms with Gasteiger partial charge in [0.15, 0.2) is 5.60 Å². The third-order valence-corrected chi connectivity index (χ3v) is 4.28. The molecule has 1 aliphatic rings. The van der Waals surface area contributed by atoms with E-state index >= 15 is 0 Å². The Morgan fingerprint density at radius 3 is 2.44 bits per heavy atom. The summed E-state index contributed by atoms with van der Waals surface area (Å²) in [5.74, 6) is 6.20. The predicted molar refractivity (Wildman–Crippen MR) is 97.4 cm³/mol. The Labute approximate surface area is 148 Å². The summed E-state index contributed by atoms with van der Waals surface area (Å²) < 4.78 is 11.0. The van der Waals surface area contributed by atoms with Crippen LogP contribution in [-0.2, 0) is 19.9 Å². The predicted octanol–water partition coefficient (Wildman–Crippen LogP) is 4.13. The number of esters is 1. The molecule has 0 bridgehead atoms. The Morgan fingerprint density at radius 1 is 1.08 bits per heavy atom. The minimum atomic E-state index is -0.912. The maximum atomic E-state index is 12.1. The smallest absolute Gasteiger partial charge is 0.373 e. The topological polar surface area (TPSA) is 35.5 Å². The van der Waals surface area contributed by atoms with Crippen molar-refractivity contribution in [3.8, 4) is 11.8 Å². The highest BCUT2D eigenvalue weighted by Gasteiger charge is 2.42. The summed E-state index contributed by atoms with van der Waals surface area (Å²) in [4.78, 5) is 12.1. The number of methoxy groups -OCH3 is 1. The Balaban J connectivity index is 2.17. The molecule has 3 nitrogen and oxygen atoms in total. The zero-order chi connectivity index (χ0) is 17.9. The van der Waals surface area contributed by atoms with Crippen LogP contribution in [0.3, 0.4) is 0 Å². The number of carbonyl (C=O) groups is 1. The minimum absolute atomic E-state index is 0.0261. The molecule has 0 amide bonds. The quantitative estimate of drug-likeness (QED) is 0.613. The average molecular weight is 332 g/mol. The van der Waals surface area contributed by atoms with E-state index in [1.54, 1.807) is 6.08 Å². The first-order valence-electron chi connectivity index (χ1n) is 8.23. The molecular formula is C22H20O3. The van der Waals surface area contributed by atoms with Crippen molar-refractivity contribution in [1.29, 1.82) is 0 Å². The second-order valence-electron chi connectivity index (χ2n) is 6.20. The van der Waals surface area contributed by atoms with E-state index in [9.17, 15) is 4.79 Å². The monoisotopic (exact) mass is 332 g/mol. The van der Waals surface area contributed by atoms with Crippen LogP contribution in [-0.4, -0.2) is 13.1 Å². The van der Waals surface area contributed by atoms with E-state index in [4.69, 9.17) is 9.47 Å². The van der Waals surface area contributed by atoms with Crippen LogP contribution in [0.1, 0.15) is 30.5 Å². The van der Waals surface area contributed by atoms with E-state index in [0.717, 1.165) is 16.7 Å². The van der Waals surface area contributed by atoms with Gasteiger partial charge in [0.25, 0.3) is 0 Å². The van der Waals surface area contributed by atoms with Gasteiger partial charge >= 0.3 is 5.97 Å². The third-order valence-electron chi connectivity index (χ3n) is 4.28. The molecule has 2 aromatic rings. The molecule has 0 spiro atoms. The van der Waals surface area contributed by atoms with Crippen LogP contribution in [0.2, 0.25) is 0 Å². The maximum Gasteiger partial charge on any atom is 0.373 e. The first-order chi connectivity index (χ1) is 12.1. The van der Waals surface area contributed by atoms with E-state index in [-0.39, 0.29) is 11.7 Å². The number of benzene rings is 2. The number of hydrogen-bond donors (Lipinski definition) is 0. The first kappa shape index (κ1) is 16.9. The van der Waals surface area contributed by atoms with Crippen molar-refractivity contribution in [3.63, 3.8) is 0 Å². The molecule has 1 unspecified atom stereocenters. The molecule has 3 heteroatoms. The molecule has 0 aliphatic carbocycles. The fraction of sp³-hybridized carbons (Fsp3) is 0.227. The van der Waals surface area contributed by atoms with E-state index in [0.29, 0.717) is 0 Å². The lowest BCUT2D eigenvalue weighted by atomic mass is 9.79. The largest absolute Gasteiger partial charge is 0.463 e. The minimum Gasteiger partial charge on any atom is -0.463 e. The van der Waals surface area contributed by atoms with E-state index in [1.165, 1.54) is 7.11 Å². The van der Waals surface area contributed by atoms with Gasteiger partial charge in [-0.2, -0.15) is 0 Å². The highest BCUT2D eigenvalue weighted by atomic mass is 16.6. The Hall–Kier alpha value is -2.99. The van der Waals surface area contributed by atoms with Gasteiger partial charge in [0.1, 0.15) is 0 Å². The molecule has 2 aromatic carbocycles. The van der Waals surface area contributed by atoms with E-state index in [1.807, 2.05) is 68.4 Å². The second-order valence-corrected chi connectivity index (χ2v) is 6.20. The molecule has 1 aliphatic heterocycles. The van der Waals surface area contributed by atoms with Crippen molar-refractivity contribution >= 4 is 12.0 Å². The fourth-order valence-electron chi connectivity index (χ4n) is 2.91. The Kier molecular flexibility index (Phi) is 4.63. The van der Waals surface area contributed by atoms with Crippen molar-refractivity contribution < 1.29 is 14.3 Å². The van der Waals surface area contributed by atoms with Crippen LogP contribution >= 0.6 is 0 Å². The lowest BCUT2D eigenvalue weighted by Gasteiger charge is -2.37. The number of ether oxygens (including phenoxy) is 2. The molecule has 0 radical (unpaired) electrons. The molecule has 0 fully saturated rings. The average Bonchev–Trinajstić information content (AvgIpc) is 2.65. The van der Waals surface area contributed by atoms with Gasteiger partial charge in [-0.05, 0) is 29.7 Å². The third kappa shape index (κ3) is 3.16. The summed E-state index contributed by atoms with van der Waals surface area (Å²) in [5.41, 5.74) is 1.87. The van der Waals surface area contributed by atoms with Crippen molar-refractivity contribution in [2.24, 2.45) is 5.92 Å². The van der Waals surface area contributed by atoms with Gasteiger partial charge in [-0.3, -0.25) is 0 Å². The van der Waals surface area contributed by atoms with Crippen LogP contribution < -0.4 is 0 Å². The van der Waals surface area contributed by atoms with Crippen LogP contribution in [0.25, 0.3) is 6.08 Å². The van der Waals surface area contributed by atoms with Gasteiger partial charge in [0.05, 0.1) is 7.11 Å². The maximum absolute atomic E-state index is 12.1. The van der Waals surface area contributed by atoms with Crippen molar-refractivity contribution in [2.45, 2.75) is 19.4 Å². The van der Waals surface area contributed by atoms with Gasteiger partial charge in [0.2, 0.25) is 5.76 Å².